The molecular weight excluding hydrogens is 314 g/mol. The van der Waals surface area contributed by atoms with Crippen molar-refractivity contribution in [3.63, 3.8) is 0 Å². The number of rotatable bonds is 4. The molecule has 1 heterocycles. The Hall–Kier alpha value is -1.33. The largest absolute Gasteiger partial charge is 0.487 e. The highest BCUT2D eigenvalue weighted by molar-refractivity contribution is 9.10. The predicted octanol–water partition coefficient (Wildman–Crippen LogP) is 3.87. The summed E-state index contributed by atoms with van der Waals surface area (Å²) in [5, 5.41) is 1.98. The van der Waals surface area contributed by atoms with Crippen LogP contribution in [0.25, 0.3) is 0 Å². The molecule has 1 aromatic heterocycles. The summed E-state index contributed by atoms with van der Waals surface area (Å²) in [7, 11) is 0. The first-order chi connectivity index (χ1) is 8.58. The molecule has 18 heavy (non-hydrogen) atoms. The molecule has 0 amide bonds. The van der Waals surface area contributed by atoms with Gasteiger partial charge in [-0.1, -0.05) is 0 Å². The van der Waals surface area contributed by atoms with Crippen LogP contribution in [0.4, 0.5) is 5.69 Å². The molecule has 94 valence electrons. The predicted molar refractivity (Wildman–Crippen MR) is 77.2 cm³/mol. The van der Waals surface area contributed by atoms with Gasteiger partial charge in [0.2, 0.25) is 0 Å². The topological polar surface area (TPSA) is 52.3 Å². The first-order valence-corrected chi connectivity index (χ1v) is 7.00. The molecule has 3 nitrogen and oxygen atoms in total. The third kappa shape index (κ3) is 2.91. The summed E-state index contributed by atoms with van der Waals surface area (Å²) < 4.78 is 6.70. The van der Waals surface area contributed by atoms with Gasteiger partial charge in [0.25, 0.3) is 0 Å². The monoisotopic (exact) mass is 325 g/mol. The molecule has 2 N–H and O–H groups in total. The highest BCUT2D eigenvalue weighted by Gasteiger charge is 2.10. The molecule has 2 aromatic rings. The van der Waals surface area contributed by atoms with Crippen molar-refractivity contribution in [2.75, 3.05) is 5.73 Å². The van der Waals surface area contributed by atoms with Gasteiger partial charge in [-0.05, 0) is 52.5 Å². The number of ether oxygens (including phenoxy) is 1. The Balaban J connectivity index is 2.19. The van der Waals surface area contributed by atoms with Crippen molar-refractivity contribution >= 4 is 38.7 Å². The quantitative estimate of drug-likeness (QED) is 0.685. The Labute approximate surface area is 118 Å². The van der Waals surface area contributed by atoms with Crippen molar-refractivity contribution < 1.29 is 9.53 Å². The van der Waals surface area contributed by atoms with E-state index in [1.165, 1.54) is 6.92 Å². The summed E-state index contributed by atoms with van der Waals surface area (Å²) in [6, 6.07) is 7.07. The third-order valence-electron chi connectivity index (χ3n) is 2.43. The number of thiophene rings is 1. The number of anilines is 1. The van der Waals surface area contributed by atoms with Crippen molar-refractivity contribution in [2.45, 2.75) is 13.5 Å². The number of nitrogen functional groups attached to an aromatic ring is 1. The zero-order valence-electron chi connectivity index (χ0n) is 9.77. The number of hydrogen-bond acceptors (Lipinski definition) is 4. The van der Waals surface area contributed by atoms with Crippen molar-refractivity contribution in [3.05, 3.63) is 44.6 Å². The second kappa shape index (κ2) is 5.54. The maximum Gasteiger partial charge on any atom is 0.163 e. The van der Waals surface area contributed by atoms with E-state index < -0.39 is 0 Å². The number of benzene rings is 1. The second-order valence-electron chi connectivity index (χ2n) is 3.79. The van der Waals surface area contributed by atoms with Gasteiger partial charge < -0.3 is 10.5 Å². The van der Waals surface area contributed by atoms with Crippen molar-refractivity contribution in [1.82, 2.24) is 0 Å². The minimum atomic E-state index is -0.0532. The maximum atomic E-state index is 11.5. The summed E-state index contributed by atoms with van der Waals surface area (Å²) in [4.78, 5) is 12.6. The fourth-order valence-corrected chi connectivity index (χ4v) is 2.90. The lowest BCUT2D eigenvalue weighted by Crippen LogP contribution is -2.02. The van der Waals surface area contributed by atoms with Gasteiger partial charge in [-0.3, -0.25) is 4.79 Å². The molecule has 0 bridgehead atoms. The van der Waals surface area contributed by atoms with Gasteiger partial charge >= 0.3 is 0 Å². The summed E-state index contributed by atoms with van der Waals surface area (Å²) in [6.07, 6.45) is 0. The molecule has 0 aliphatic rings. The Morgan fingerprint density at radius 1 is 1.44 bits per heavy atom. The summed E-state index contributed by atoms with van der Waals surface area (Å²) >= 11 is 5.05. The fourth-order valence-electron chi connectivity index (χ4n) is 1.52. The Kier molecular flexibility index (Phi) is 4.04. The SMILES string of the molecule is CC(=O)c1cc(N)ccc1OCc1sccc1Br. The van der Waals surface area contributed by atoms with Crippen LogP contribution in [0, 0.1) is 0 Å². The van der Waals surface area contributed by atoms with Crippen molar-refractivity contribution in [3.8, 4) is 5.75 Å². The van der Waals surface area contributed by atoms with Gasteiger partial charge in [-0.25, -0.2) is 0 Å². The average molecular weight is 326 g/mol. The number of carbonyl (C=O) groups excluding carboxylic acids is 1. The van der Waals surface area contributed by atoms with Gasteiger partial charge in [-0.15, -0.1) is 11.3 Å². The van der Waals surface area contributed by atoms with E-state index in [0.29, 0.717) is 23.6 Å². The molecule has 0 spiro atoms. The number of halogens is 1. The molecule has 2 rings (SSSR count). The van der Waals surface area contributed by atoms with Crippen LogP contribution in [0.3, 0.4) is 0 Å². The highest BCUT2D eigenvalue weighted by atomic mass is 79.9. The van der Waals surface area contributed by atoms with Gasteiger partial charge in [0.1, 0.15) is 12.4 Å². The van der Waals surface area contributed by atoms with Crippen LogP contribution in [0.1, 0.15) is 22.2 Å². The lowest BCUT2D eigenvalue weighted by molar-refractivity contribution is 0.101. The van der Waals surface area contributed by atoms with Crippen LogP contribution in [-0.2, 0) is 6.61 Å². The van der Waals surface area contributed by atoms with Gasteiger partial charge in [0.15, 0.2) is 5.78 Å². The Morgan fingerprint density at radius 2 is 2.22 bits per heavy atom. The Bertz CT molecular complexity index is 580. The summed E-state index contributed by atoms with van der Waals surface area (Å²) in [6.45, 7) is 1.94. The number of hydrogen-bond donors (Lipinski definition) is 1. The first kappa shape index (κ1) is 13.1. The summed E-state index contributed by atoms with van der Waals surface area (Å²) in [5.41, 5.74) is 6.74. The van der Waals surface area contributed by atoms with Gasteiger partial charge in [-0.2, -0.15) is 0 Å². The molecule has 0 unspecified atom stereocenters. The molecular formula is C13H12BrNO2S. The normalized spacial score (nSPS) is 10.3. The highest BCUT2D eigenvalue weighted by Crippen LogP contribution is 2.27. The van der Waals surface area contributed by atoms with E-state index in [2.05, 4.69) is 15.9 Å². The molecule has 5 heteroatoms. The molecule has 0 saturated heterocycles. The molecule has 1 aromatic carbocycles. The van der Waals surface area contributed by atoms with Gasteiger partial charge in [0.05, 0.1) is 10.4 Å². The number of ketones is 1. The zero-order chi connectivity index (χ0) is 13.1. The van der Waals surface area contributed by atoms with E-state index in [1.807, 2.05) is 11.4 Å². The molecule has 0 fully saturated rings. The zero-order valence-corrected chi connectivity index (χ0v) is 12.2. The maximum absolute atomic E-state index is 11.5. The third-order valence-corrected chi connectivity index (χ3v) is 4.33. The fraction of sp³-hybridized carbons (Fsp3) is 0.154. The molecule has 0 radical (unpaired) electrons. The molecule has 0 saturated carbocycles. The number of nitrogens with two attached hydrogens (primary N) is 1. The Morgan fingerprint density at radius 3 is 2.83 bits per heavy atom. The number of Topliss-reactive ketones (excluding diaryl/α,β-unsaturated/α-hetero) is 1. The first-order valence-electron chi connectivity index (χ1n) is 5.33. The standard InChI is InChI=1S/C13H12BrNO2S/c1-8(16)10-6-9(15)2-3-12(10)17-7-13-11(14)4-5-18-13/h2-6H,7,15H2,1H3. The smallest absolute Gasteiger partial charge is 0.163 e. The minimum Gasteiger partial charge on any atom is -0.487 e. The van der Waals surface area contributed by atoms with Crippen LogP contribution in [0.15, 0.2) is 34.1 Å². The van der Waals surface area contributed by atoms with Crippen LogP contribution < -0.4 is 10.5 Å². The number of carbonyl (C=O) groups is 1. The van der Waals surface area contributed by atoms with E-state index in [4.69, 9.17) is 10.5 Å². The average Bonchev–Trinajstić information content (AvgIpc) is 2.73. The second-order valence-corrected chi connectivity index (χ2v) is 5.65. The van der Waals surface area contributed by atoms with Crippen LogP contribution in [0.2, 0.25) is 0 Å². The van der Waals surface area contributed by atoms with Crippen LogP contribution in [0.5, 0.6) is 5.75 Å². The van der Waals surface area contributed by atoms with E-state index in [1.54, 1.807) is 29.5 Å². The van der Waals surface area contributed by atoms with E-state index in [9.17, 15) is 4.79 Å². The molecule has 0 atom stereocenters. The lowest BCUT2D eigenvalue weighted by Gasteiger charge is -2.10. The van der Waals surface area contributed by atoms with Crippen molar-refractivity contribution in [2.24, 2.45) is 0 Å². The molecule has 0 aliphatic heterocycles. The van der Waals surface area contributed by atoms with E-state index in [0.717, 1.165) is 9.35 Å². The molecule has 0 aliphatic carbocycles. The van der Waals surface area contributed by atoms with Crippen LogP contribution >= 0.6 is 27.3 Å². The van der Waals surface area contributed by atoms with Crippen LogP contribution in [-0.4, -0.2) is 5.78 Å². The lowest BCUT2D eigenvalue weighted by atomic mass is 10.1. The van der Waals surface area contributed by atoms with E-state index in [-0.39, 0.29) is 5.78 Å². The summed E-state index contributed by atoms with van der Waals surface area (Å²) in [5.74, 6) is 0.513. The van der Waals surface area contributed by atoms with Crippen molar-refractivity contribution in [1.29, 1.82) is 0 Å². The minimum absolute atomic E-state index is 0.0532. The van der Waals surface area contributed by atoms with E-state index >= 15 is 0 Å². The van der Waals surface area contributed by atoms with Gasteiger partial charge in [0, 0.05) is 10.2 Å².